The third-order valence-electron chi connectivity index (χ3n) is 4.86. The number of carbonyl (C=O) groups excluding carboxylic acids is 1. The molecule has 2 saturated carbocycles. The Bertz CT molecular complexity index is 732. The van der Waals surface area contributed by atoms with Crippen LogP contribution in [0, 0.1) is 13.8 Å². The number of carbonyl (C=O) groups is 1. The van der Waals surface area contributed by atoms with E-state index in [2.05, 4.69) is 28.5 Å². The first-order valence-electron chi connectivity index (χ1n) is 8.28. The molecular formula is C17H21N3OS2. The lowest BCUT2D eigenvalue weighted by Crippen LogP contribution is -2.37. The maximum atomic E-state index is 12.5. The number of nitrogens with zero attached hydrogens (tertiary/aromatic N) is 2. The number of thiophene rings is 1. The van der Waals surface area contributed by atoms with Gasteiger partial charge in [-0.1, -0.05) is 6.42 Å². The Balaban J connectivity index is 1.41. The fourth-order valence-electron chi connectivity index (χ4n) is 3.24. The van der Waals surface area contributed by atoms with E-state index in [0.29, 0.717) is 18.4 Å². The Morgan fingerprint density at radius 3 is 2.78 bits per heavy atom. The van der Waals surface area contributed by atoms with E-state index in [9.17, 15) is 4.79 Å². The molecule has 2 aromatic rings. The molecule has 1 N–H and O–H groups in total. The van der Waals surface area contributed by atoms with Gasteiger partial charge in [0.1, 0.15) is 10.0 Å². The SMILES string of the molecule is Cc1nnc(CC(=O)c2cc([C@@H]3C[C@H]3NC3CCC3)c(C)s2)s1. The molecule has 0 saturated heterocycles. The largest absolute Gasteiger partial charge is 0.311 e. The molecule has 2 aromatic heterocycles. The van der Waals surface area contributed by atoms with Crippen molar-refractivity contribution < 1.29 is 4.79 Å². The van der Waals surface area contributed by atoms with E-state index in [1.807, 2.05) is 6.92 Å². The fourth-order valence-corrected chi connectivity index (χ4v) is 4.97. The quantitative estimate of drug-likeness (QED) is 0.811. The number of hydrogen-bond donors (Lipinski definition) is 1. The average molecular weight is 348 g/mol. The van der Waals surface area contributed by atoms with Crippen LogP contribution < -0.4 is 5.32 Å². The molecule has 0 aromatic carbocycles. The van der Waals surface area contributed by atoms with Crippen LogP contribution in [0.25, 0.3) is 0 Å². The van der Waals surface area contributed by atoms with Crippen molar-refractivity contribution in [1.82, 2.24) is 15.5 Å². The molecule has 6 heteroatoms. The highest BCUT2D eigenvalue weighted by Gasteiger charge is 2.41. The van der Waals surface area contributed by atoms with Crippen molar-refractivity contribution in [3.05, 3.63) is 31.4 Å². The molecule has 4 nitrogen and oxygen atoms in total. The highest BCUT2D eigenvalue weighted by molar-refractivity contribution is 7.14. The molecule has 122 valence electrons. The van der Waals surface area contributed by atoms with Crippen molar-refractivity contribution in [3.63, 3.8) is 0 Å². The molecule has 2 aliphatic rings. The Morgan fingerprint density at radius 2 is 2.13 bits per heavy atom. The van der Waals surface area contributed by atoms with Gasteiger partial charge in [0.2, 0.25) is 0 Å². The van der Waals surface area contributed by atoms with Gasteiger partial charge >= 0.3 is 0 Å². The maximum Gasteiger partial charge on any atom is 0.179 e. The van der Waals surface area contributed by atoms with E-state index >= 15 is 0 Å². The van der Waals surface area contributed by atoms with Gasteiger partial charge in [-0.3, -0.25) is 4.79 Å². The second-order valence-corrected chi connectivity index (χ2v) is 9.20. The van der Waals surface area contributed by atoms with Crippen molar-refractivity contribution in [2.45, 2.75) is 64.0 Å². The van der Waals surface area contributed by atoms with Gasteiger partial charge in [-0.25, -0.2) is 0 Å². The van der Waals surface area contributed by atoms with Crippen LogP contribution in [0.5, 0.6) is 0 Å². The number of Topliss-reactive ketones (excluding diaryl/α,β-unsaturated/α-hetero) is 1. The predicted molar refractivity (Wildman–Crippen MR) is 93.7 cm³/mol. The summed E-state index contributed by atoms with van der Waals surface area (Å²) >= 11 is 3.14. The minimum absolute atomic E-state index is 0.171. The molecule has 2 heterocycles. The standard InChI is InChI=1S/C17H21N3OS2/c1-9-12(13-6-14(13)18-11-4-3-5-11)7-16(22-9)15(21)8-17-20-19-10(2)23-17/h7,11,13-14,18H,3-6,8H2,1-2H3/t13-,14+/m0/s1. The van der Waals surface area contributed by atoms with Gasteiger partial charge in [-0.05, 0) is 44.7 Å². The number of aromatic nitrogens is 2. The molecule has 0 bridgehead atoms. The average Bonchev–Trinajstić information content (AvgIpc) is 2.94. The van der Waals surface area contributed by atoms with Gasteiger partial charge in [0.15, 0.2) is 5.78 Å². The summed E-state index contributed by atoms with van der Waals surface area (Å²) in [6, 6.07) is 3.50. The van der Waals surface area contributed by atoms with Crippen molar-refractivity contribution in [2.75, 3.05) is 0 Å². The van der Waals surface area contributed by atoms with Crippen LogP contribution in [0.3, 0.4) is 0 Å². The summed E-state index contributed by atoms with van der Waals surface area (Å²) in [7, 11) is 0. The summed E-state index contributed by atoms with van der Waals surface area (Å²) < 4.78 is 0. The normalized spacial score (nSPS) is 23.7. The Labute approximate surface area is 144 Å². The molecule has 0 aliphatic heterocycles. The molecule has 2 fully saturated rings. The van der Waals surface area contributed by atoms with E-state index in [4.69, 9.17) is 0 Å². The van der Waals surface area contributed by atoms with Gasteiger partial charge in [0.05, 0.1) is 11.3 Å². The Morgan fingerprint density at radius 1 is 1.30 bits per heavy atom. The van der Waals surface area contributed by atoms with Crippen molar-refractivity contribution in [1.29, 1.82) is 0 Å². The molecule has 0 unspecified atom stereocenters. The zero-order chi connectivity index (χ0) is 16.0. The van der Waals surface area contributed by atoms with Gasteiger partial charge in [0.25, 0.3) is 0 Å². The lowest BCUT2D eigenvalue weighted by molar-refractivity contribution is 0.0996. The highest BCUT2D eigenvalue weighted by Crippen LogP contribution is 2.45. The molecule has 23 heavy (non-hydrogen) atoms. The van der Waals surface area contributed by atoms with Gasteiger partial charge < -0.3 is 5.32 Å². The van der Waals surface area contributed by atoms with Gasteiger partial charge in [0, 0.05) is 22.9 Å². The molecule has 0 radical (unpaired) electrons. The zero-order valence-corrected chi connectivity index (χ0v) is 15.1. The minimum Gasteiger partial charge on any atom is -0.311 e. The lowest BCUT2D eigenvalue weighted by atomic mass is 9.93. The van der Waals surface area contributed by atoms with E-state index in [0.717, 1.165) is 20.9 Å². The molecular weight excluding hydrogens is 326 g/mol. The van der Waals surface area contributed by atoms with Crippen LogP contribution in [0.15, 0.2) is 6.07 Å². The number of nitrogens with one attached hydrogen (secondary N) is 1. The molecule has 2 aliphatic carbocycles. The Hall–Kier alpha value is -1.11. The zero-order valence-electron chi connectivity index (χ0n) is 13.5. The second kappa shape index (κ2) is 6.07. The van der Waals surface area contributed by atoms with Gasteiger partial charge in [-0.2, -0.15) is 0 Å². The first-order valence-corrected chi connectivity index (χ1v) is 9.92. The molecule has 0 spiro atoms. The molecule has 0 amide bonds. The summed E-state index contributed by atoms with van der Waals surface area (Å²) in [4.78, 5) is 14.7. The first kappa shape index (κ1) is 15.4. The minimum atomic E-state index is 0.171. The third kappa shape index (κ3) is 3.25. The van der Waals surface area contributed by atoms with Crippen LogP contribution in [0.2, 0.25) is 0 Å². The summed E-state index contributed by atoms with van der Waals surface area (Å²) in [5, 5.41) is 13.5. The summed E-state index contributed by atoms with van der Waals surface area (Å²) in [5.74, 6) is 0.779. The van der Waals surface area contributed by atoms with E-state index in [-0.39, 0.29) is 5.78 Å². The molecule has 2 atom stereocenters. The number of rotatable bonds is 6. The van der Waals surface area contributed by atoms with Crippen LogP contribution in [0.1, 0.15) is 61.7 Å². The number of ketones is 1. The van der Waals surface area contributed by atoms with Crippen LogP contribution in [-0.4, -0.2) is 28.1 Å². The van der Waals surface area contributed by atoms with Crippen molar-refractivity contribution >= 4 is 28.5 Å². The van der Waals surface area contributed by atoms with Crippen molar-refractivity contribution in [2.24, 2.45) is 0 Å². The molecule has 4 rings (SSSR count). The van der Waals surface area contributed by atoms with E-state index in [1.165, 1.54) is 47.5 Å². The maximum absolute atomic E-state index is 12.5. The lowest BCUT2D eigenvalue weighted by Gasteiger charge is -2.26. The second-order valence-electron chi connectivity index (χ2n) is 6.68. The Kier molecular flexibility index (Phi) is 4.07. The first-order chi connectivity index (χ1) is 11.1. The smallest absolute Gasteiger partial charge is 0.179 e. The van der Waals surface area contributed by atoms with E-state index in [1.54, 1.807) is 11.3 Å². The van der Waals surface area contributed by atoms with Crippen LogP contribution >= 0.6 is 22.7 Å². The summed E-state index contributed by atoms with van der Waals surface area (Å²) in [6.45, 7) is 4.06. The van der Waals surface area contributed by atoms with Crippen LogP contribution in [-0.2, 0) is 6.42 Å². The topological polar surface area (TPSA) is 54.9 Å². The number of hydrogen-bond acceptors (Lipinski definition) is 6. The van der Waals surface area contributed by atoms with Crippen LogP contribution in [0.4, 0.5) is 0 Å². The summed E-state index contributed by atoms with van der Waals surface area (Å²) in [6.07, 6.45) is 5.63. The van der Waals surface area contributed by atoms with E-state index < -0.39 is 0 Å². The third-order valence-corrected chi connectivity index (χ3v) is 6.80. The fraction of sp³-hybridized carbons (Fsp3) is 0.588. The van der Waals surface area contributed by atoms with Crippen molar-refractivity contribution in [3.8, 4) is 0 Å². The monoisotopic (exact) mass is 347 g/mol. The van der Waals surface area contributed by atoms with Gasteiger partial charge in [-0.15, -0.1) is 32.9 Å². The predicted octanol–water partition coefficient (Wildman–Crippen LogP) is 3.64. The highest BCUT2D eigenvalue weighted by atomic mass is 32.1. The summed E-state index contributed by atoms with van der Waals surface area (Å²) in [5.41, 5.74) is 1.38. The number of aryl methyl sites for hydroxylation is 2.